The second-order valence-corrected chi connectivity index (χ2v) is 7.32. The molecule has 6 heteroatoms. The van der Waals surface area contributed by atoms with Crippen molar-refractivity contribution in [2.75, 3.05) is 26.3 Å². The summed E-state index contributed by atoms with van der Waals surface area (Å²) >= 11 is 7.46. The molecule has 0 aliphatic rings. The molecular formula is C20H23ClN2O2S. The van der Waals surface area contributed by atoms with Crippen LogP contribution in [0.15, 0.2) is 42.5 Å². The van der Waals surface area contributed by atoms with E-state index >= 15 is 0 Å². The standard InChI is InChI=1S/C20H23ClN2O2S/c21-16-6-4-15(5-7-16)20-18-9-8-17(14-19(18)26-23-20)25-13-3-1-2-10-22-11-12-24/h4-9,14,22,24H,1-3,10-13H2. The van der Waals surface area contributed by atoms with Crippen molar-refractivity contribution in [1.29, 1.82) is 0 Å². The maximum absolute atomic E-state index is 8.69. The molecule has 0 atom stereocenters. The van der Waals surface area contributed by atoms with Crippen LogP contribution >= 0.6 is 23.1 Å². The molecule has 0 aliphatic carbocycles. The zero-order chi connectivity index (χ0) is 18.2. The third-order valence-electron chi connectivity index (χ3n) is 4.12. The number of ether oxygens (including phenoxy) is 1. The van der Waals surface area contributed by atoms with Crippen LogP contribution in [-0.2, 0) is 0 Å². The highest BCUT2D eigenvalue weighted by Gasteiger charge is 2.09. The zero-order valence-electron chi connectivity index (χ0n) is 14.6. The number of aliphatic hydroxyl groups excluding tert-OH is 1. The van der Waals surface area contributed by atoms with Crippen LogP contribution in [-0.4, -0.2) is 35.8 Å². The van der Waals surface area contributed by atoms with Crippen LogP contribution in [0.25, 0.3) is 21.3 Å². The highest BCUT2D eigenvalue weighted by atomic mass is 35.5. The van der Waals surface area contributed by atoms with E-state index in [4.69, 9.17) is 21.4 Å². The highest BCUT2D eigenvalue weighted by Crippen LogP contribution is 2.33. The minimum atomic E-state index is 0.197. The average Bonchev–Trinajstić information content (AvgIpc) is 3.08. The van der Waals surface area contributed by atoms with Gasteiger partial charge < -0.3 is 15.2 Å². The fraction of sp³-hybridized carbons (Fsp3) is 0.350. The Balaban J connectivity index is 1.53. The van der Waals surface area contributed by atoms with Crippen molar-refractivity contribution in [3.63, 3.8) is 0 Å². The molecule has 0 bridgehead atoms. The first kappa shape index (κ1) is 19.1. The lowest BCUT2D eigenvalue weighted by atomic mass is 10.1. The fourth-order valence-electron chi connectivity index (χ4n) is 2.75. The zero-order valence-corrected chi connectivity index (χ0v) is 16.2. The predicted octanol–water partition coefficient (Wildman–Crippen LogP) is 4.75. The Labute approximate surface area is 162 Å². The van der Waals surface area contributed by atoms with Gasteiger partial charge in [0.25, 0.3) is 0 Å². The van der Waals surface area contributed by atoms with Crippen molar-refractivity contribution in [2.24, 2.45) is 0 Å². The van der Waals surface area contributed by atoms with E-state index in [0.717, 1.165) is 57.9 Å². The Hall–Kier alpha value is -1.66. The van der Waals surface area contributed by atoms with E-state index < -0.39 is 0 Å². The first-order valence-corrected chi connectivity index (χ1v) is 10.0. The van der Waals surface area contributed by atoms with Gasteiger partial charge in [0.2, 0.25) is 0 Å². The monoisotopic (exact) mass is 390 g/mol. The number of hydrogen-bond donors (Lipinski definition) is 2. The van der Waals surface area contributed by atoms with E-state index in [1.54, 1.807) is 0 Å². The largest absolute Gasteiger partial charge is 0.494 e. The topological polar surface area (TPSA) is 54.4 Å². The molecule has 0 amide bonds. The van der Waals surface area contributed by atoms with E-state index in [2.05, 4.69) is 21.8 Å². The van der Waals surface area contributed by atoms with Crippen LogP contribution in [0.5, 0.6) is 5.75 Å². The van der Waals surface area contributed by atoms with Crippen LogP contribution < -0.4 is 10.1 Å². The summed E-state index contributed by atoms with van der Waals surface area (Å²) in [6.07, 6.45) is 3.24. The summed E-state index contributed by atoms with van der Waals surface area (Å²) in [4.78, 5) is 0. The van der Waals surface area contributed by atoms with Gasteiger partial charge in [-0.1, -0.05) is 23.7 Å². The van der Waals surface area contributed by atoms with E-state index in [9.17, 15) is 0 Å². The molecule has 0 saturated heterocycles. The molecule has 0 fully saturated rings. The molecule has 3 rings (SSSR count). The lowest BCUT2D eigenvalue weighted by molar-refractivity contribution is 0.289. The molecule has 4 nitrogen and oxygen atoms in total. The molecule has 3 aromatic rings. The van der Waals surface area contributed by atoms with Crippen molar-refractivity contribution in [2.45, 2.75) is 19.3 Å². The Kier molecular flexibility index (Phi) is 7.26. The Morgan fingerprint density at radius 2 is 1.88 bits per heavy atom. The van der Waals surface area contributed by atoms with E-state index in [-0.39, 0.29) is 6.61 Å². The van der Waals surface area contributed by atoms with Gasteiger partial charge in [0.15, 0.2) is 0 Å². The Morgan fingerprint density at radius 1 is 1.04 bits per heavy atom. The van der Waals surface area contributed by atoms with E-state index in [1.165, 1.54) is 11.5 Å². The number of fused-ring (bicyclic) bond motifs is 1. The molecule has 0 radical (unpaired) electrons. The number of aliphatic hydroxyl groups is 1. The quantitative estimate of drug-likeness (QED) is 0.490. The molecule has 0 aliphatic heterocycles. The SMILES string of the molecule is OCCNCCCCCOc1ccc2c(-c3ccc(Cl)cc3)nsc2c1. The van der Waals surface area contributed by atoms with Crippen molar-refractivity contribution in [3.8, 4) is 17.0 Å². The molecule has 138 valence electrons. The molecule has 2 aromatic carbocycles. The maximum atomic E-state index is 8.69. The number of aromatic nitrogens is 1. The number of benzene rings is 2. The third kappa shape index (κ3) is 5.17. The summed E-state index contributed by atoms with van der Waals surface area (Å²) in [5, 5.41) is 13.7. The lowest BCUT2D eigenvalue weighted by Crippen LogP contribution is -2.19. The van der Waals surface area contributed by atoms with Gasteiger partial charge in [-0.2, -0.15) is 4.37 Å². The van der Waals surface area contributed by atoms with Gasteiger partial charge in [-0.15, -0.1) is 0 Å². The first-order chi connectivity index (χ1) is 12.8. The summed E-state index contributed by atoms with van der Waals surface area (Å²) < 4.78 is 11.6. The normalized spacial score (nSPS) is 11.2. The minimum Gasteiger partial charge on any atom is -0.494 e. The Bertz CT molecular complexity index is 820. The summed E-state index contributed by atoms with van der Waals surface area (Å²) in [6, 6.07) is 13.9. The van der Waals surface area contributed by atoms with Crippen LogP contribution in [0.3, 0.4) is 0 Å². The number of rotatable bonds is 10. The van der Waals surface area contributed by atoms with Crippen LogP contribution in [0, 0.1) is 0 Å². The molecule has 0 saturated carbocycles. The molecule has 0 spiro atoms. The van der Waals surface area contributed by atoms with Gasteiger partial charge >= 0.3 is 0 Å². The predicted molar refractivity (Wildman–Crippen MR) is 109 cm³/mol. The fourth-order valence-corrected chi connectivity index (χ4v) is 3.70. The molecule has 1 heterocycles. The minimum absolute atomic E-state index is 0.197. The number of hydrogen-bond acceptors (Lipinski definition) is 5. The second-order valence-electron chi connectivity index (χ2n) is 6.08. The van der Waals surface area contributed by atoms with Crippen molar-refractivity contribution >= 4 is 33.2 Å². The molecule has 1 aromatic heterocycles. The number of nitrogens with zero attached hydrogens (tertiary/aromatic N) is 1. The van der Waals surface area contributed by atoms with Gasteiger partial charge in [0.1, 0.15) is 5.75 Å². The molecule has 2 N–H and O–H groups in total. The van der Waals surface area contributed by atoms with Crippen LogP contribution in [0.1, 0.15) is 19.3 Å². The van der Waals surface area contributed by atoms with Crippen molar-refractivity contribution in [3.05, 3.63) is 47.5 Å². The van der Waals surface area contributed by atoms with E-state index in [1.807, 2.05) is 30.3 Å². The van der Waals surface area contributed by atoms with Crippen molar-refractivity contribution in [1.82, 2.24) is 9.69 Å². The number of halogens is 1. The second kappa shape index (κ2) is 9.88. The van der Waals surface area contributed by atoms with Gasteiger partial charge in [0.05, 0.1) is 23.6 Å². The number of nitrogens with one attached hydrogen (secondary N) is 1. The average molecular weight is 391 g/mol. The molecular weight excluding hydrogens is 368 g/mol. The van der Waals surface area contributed by atoms with Crippen molar-refractivity contribution < 1.29 is 9.84 Å². The summed E-state index contributed by atoms with van der Waals surface area (Å²) in [7, 11) is 0. The van der Waals surface area contributed by atoms with Crippen LogP contribution in [0.2, 0.25) is 5.02 Å². The lowest BCUT2D eigenvalue weighted by Gasteiger charge is -2.07. The highest BCUT2D eigenvalue weighted by molar-refractivity contribution is 7.13. The summed E-state index contributed by atoms with van der Waals surface area (Å²) in [5.74, 6) is 0.891. The molecule has 26 heavy (non-hydrogen) atoms. The Morgan fingerprint density at radius 3 is 2.69 bits per heavy atom. The number of unbranched alkanes of at least 4 members (excludes halogenated alkanes) is 2. The summed E-state index contributed by atoms with van der Waals surface area (Å²) in [6.45, 7) is 2.53. The van der Waals surface area contributed by atoms with Crippen LogP contribution in [0.4, 0.5) is 0 Å². The molecule has 0 unspecified atom stereocenters. The van der Waals surface area contributed by atoms with Gasteiger partial charge in [-0.25, -0.2) is 0 Å². The van der Waals surface area contributed by atoms with Gasteiger partial charge in [0, 0.05) is 22.5 Å². The summed E-state index contributed by atoms with van der Waals surface area (Å²) in [5.41, 5.74) is 2.06. The van der Waals surface area contributed by atoms with Gasteiger partial charge in [-0.3, -0.25) is 0 Å². The maximum Gasteiger partial charge on any atom is 0.120 e. The van der Waals surface area contributed by atoms with Gasteiger partial charge in [-0.05, 0) is 67.7 Å². The first-order valence-electron chi connectivity index (χ1n) is 8.87. The smallest absolute Gasteiger partial charge is 0.120 e. The van der Waals surface area contributed by atoms with E-state index in [0.29, 0.717) is 13.2 Å². The third-order valence-corrected chi connectivity index (χ3v) is 5.18.